The zero-order chi connectivity index (χ0) is 19.9. The molecule has 5 heteroatoms. The quantitative estimate of drug-likeness (QED) is 0.538. The number of nitrogens with zero attached hydrogens (tertiary/aromatic N) is 2. The van der Waals surface area contributed by atoms with Gasteiger partial charge in [-0.25, -0.2) is 4.98 Å². The number of carbonyl (C=O) groups excluding carboxylic acids is 1. The molecule has 1 heterocycles. The van der Waals surface area contributed by atoms with E-state index in [-0.39, 0.29) is 11.8 Å². The van der Waals surface area contributed by atoms with Gasteiger partial charge in [0.15, 0.2) is 0 Å². The number of aromatic nitrogens is 1. The maximum Gasteiger partial charge on any atom is 0.224 e. The fourth-order valence-electron chi connectivity index (χ4n) is 2.79. The Morgan fingerprint density at radius 1 is 1.18 bits per heavy atom. The van der Waals surface area contributed by atoms with E-state index >= 15 is 0 Å². The van der Waals surface area contributed by atoms with Crippen LogP contribution in [0.15, 0.2) is 66.7 Å². The van der Waals surface area contributed by atoms with Crippen molar-refractivity contribution in [2.75, 3.05) is 5.32 Å². The molecule has 1 N–H and O–H groups in total. The molecule has 140 valence electrons. The van der Waals surface area contributed by atoms with Crippen molar-refractivity contribution in [2.45, 2.75) is 26.2 Å². The van der Waals surface area contributed by atoms with Crippen molar-refractivity contribution < 1.29 is 4.79 Å². The number of benzene rings is 2. The van der Waals surface area contributed by atoms with Crippen LogP contribution in [0.1, 0.15) is 36.8 Å². The number of hydrogen-bond donors (Lipinski definition) is 1. The van der Waals surface area contributed by atoms with Gasteiger partial charge in [0.05, 0.1) is 5.57 Å². The zero-order valence-electron chi connectivity index (χ0n) is 15.8. The molecule has 1 amide bonds. The topological polar surface area (TPSA) is 65.8 Å². The highest BCUT2D eigenvalue weighted by Crippen LogP contribution is 2.36. The van der Waals surface area contributed by atoms with Crippen molar-refractivity contribution in [1.29, 1.82) is 5.26 Å². The van der Waals surface area contributed by atoms with Gasteiger partial charge in [0.1, 0.15) is 21.8 Å². The van der Waals surface area contributed by atoms with Crippen LogP contribution in [0.25, 0.3) is 16.8 Å². The summed E-state index contributed by atoms with van der Waals surface area (Å²) >= 11 is 1.33. The molecule has 28 heavy (non-hydrogen) atoms. The summed E-state index contributed by atoms with van der Waals surface area (Å²) in [7, 11) is 0. The molecule has 0 spiro atoms. The summed E-state index contributed by atoms with van der Waals surface area (Å²) in [5.41, 5.74) is 3.24. The van der Waals surface area contributed by atoms with Crippen LogP contribution in [0.5, 0.6) is 0 Å². The smallest absolute Gasteiger partial charge is 0.224 e. The molecule has 3 rings (SSSR count). The second-order valence-corrected chi connectivity index (χ2v) is 7.36. The second kappa shape index (κ2) is 9.12. The first-order valence-electron chi connectivity index (χ1n) is 9.15. The van der Waals surface area contributed by atoms with Crippen LogP contribution in [-0.2, 0) is 4.79 Å². The molecule has 0 fully saturated rings. The summed E-state index contributed by atoms with van der Waals surface area (Å²) in [5, 5.41) is 13.9. The van der Waals surface area contributed by atoms with E-state index in [1.807, 2.05) is 73.7 Å². The highest BCUT2D eigenvalue weighted by Gasteiger charge is 2.18. The van der Waals surface area contributed by atoms with Gasteiger partial charge in [0.2, 0.25) is 5.91 Å². The molecule has 0 radical (unpaired) electrons. The van der Waals surface area contributed by atoms with E-state index in [0.717, 1.165) is 11.1 Å². The summed E-state index contributed by atoms with van der Waals surface area (Å²) in [6.07, 6.45) is 2.31. The SMILES string of the molecule is CCC(=O)Nc1sc(C(C#N)=CC(C)c2ccccc2)nc1-c1ccccc1. The molecule has 0 saturated heterocycles. The number of anilines is 1. The number of allylic oxidation sites excluding steroid dienone is 2. The highest BCUT2D eigenvalue weighted by atomic mass is 32.1. The molecule has 1 unspecified atom stereocenters. The van der Waals surface area contributed by atoms with Crippen molar-refractivity contribution in [1.82, 2.24) is 4.98 Å². The van der Waals surface area contributed by atoms with Gasteiger partial charge < -0.3 is 5.32 Å². The van der Waals surface area contributed by atoms with Gasteiger partial charge in [-0.1, -0.05) is 91.9 Å². The van der Waals surface area contributed by atoms with E-state index < -0.39 is 0 Å². The lowest BCUT2D eigenvalue weighted by molar-refractivity contribution is -0.115. The fraction of sp³-hybridized carbons (Fsp3) is 0.174. The Labute approximate surface area is 169 Å². The Bertz CT molecular complexity index is 1020. The molecule has 0 aliphatic heterocycles. The number of nitrogens with one attached hydrogen (secondary N) is 1. The molecule has 0 aliphatic carbocycles. The number of nitriles is 1. The van der Waals surface area contributed by atoms with Crippen molar-refractivity contribution in [2.24, 2.45) is 0 Å². The Hall–Kier alpha value is -3.23. The second-order valence-electron chi connectivity index (χ2n) is 6.36. The van der Waals surface area contributed by atoms with Crippen molar-refractivity contribution in [3.8, 4) is 17.3 Å². The monoisotopic (exact) mass is 387 g/mol. The van der Waals surface area contributed by atoms with Crippen LogP contribution in [0.2, 0.25) is 0 Å². The average molecular weight is 388 g/mol. The number of hydrogen-bond acceptors (Lipinski definition) is 4. The largest absolute Gasteiger partial charge is 0.316 e. The van der Waals surface area contributed by atoms with Crippen LogP contribution in [0, 0.1) is 11.3 Å². The van der Waals surface area contributed by atoms with Gasteiger partial charge in [-0.05, 0) is 5.56 Å². The van der Waals surface area contributed by atoms with Gasteiger partial charge >= 0.3 is 0 Å². The predicted octanol–water partition coefficient (Wildman–Crippen LogP) is 5.87. The molecular formula is C23H21N3OS. The summed E-state index contributed by atoms with van der Waals surface area (Å²) in [6.45, 7) is 3.86. The van der Waals surface area contributed by atoms with E-state index in [0.29, 0.717) is 27.7 Å². The van der Waals surface area contributed by atoms with Crippen LogP contribution in [-0.4, -0.2) is 10.9 Å². The predicted molar refractivity (Wildman–Crippen MR) is 115 cm³/mol. The Morgan fingerprint density at radius 3 is 2.43 bits per heavy atom. The molecule has 1 aromatic heterocycles. The van der Waals surface area contributed by atoms with Crippen molar-refractivity contribution >= 4 is 27.8 Å². The van der Waals surface area contributed by atoms with Crippen molar-refractivity contribution in [3.63, 3.8) is 0 Å². The average Bonchev–Trinajstić information content (AvgIpc) is 3.16. The minimum atomic E-state index is -0.0764. The Kier molecular flexibility index (Phi) is 6.36. The number of amides is 1. The van der Waals surface area contributed by atoms with Gasteiger partial charge in [-0.15, -0.1) is 0 Å². The van der Waals surface area contributed by atoms with E-state index in [9.17, 15) is 10.1 Å². The molecule has 4 nitrogen and oxygen atoms in total. The van der Waals surface area contributed by atoms with E-state index in [2.05, 4.69) is 18.3 Å². The molecule has 3 aromatic rings. The van der Waals surface area contributed by atoms with Gasteiger partial charge in [0, 0.05) is 17.9 Å². The third kappa shape index (κ3) is 4.54. The van der Waals surface area contributed by atoms with Gasteiger partial charge in [0.25, 0.3) is 0 Å². The van der Waals surface area contributed by atoms with Crippen LogP contribution in [0.4, 0.5) is 5.00 Å². The zero-order valence-corrected chi connectivity index (χ0v) is 16.7. The summed E-state index contributed by atoms with van der Waals surface area (Å²) in [5.74, 6) is 0.00105. The van der Waals surface area contributed by atoms with Crippen LogP contribution >= 0.6 is 11.3 Å². The first-order chi connectivity index (χ1) is 13.6. The summed E-state index contributed by atoms with van der Waals surface area (Å²) < 4.78 is 0. The minimum absolute atomic E-state index is 0.0764. The van der Waals surface area contributed by atoms with Crippen molar-refractivity contribution in [3.05, 3.63) is 77.3 Å². The first kappa shape index (κ1) is 19.5. The molecule has 1 atom stereocenters. The lowest BCUT2D eigenvalue weighted by atomic mass is 9.99. The first-order valence-corrected chi connectivity index (χ1v) is 9.97. The summed E-state index contributed by atoms with van der Waals surface area (Å²) in [4.78, 5) is 16.7. The summed E-state index contributed by atoms with van der Waals surface area (Å²) in [6, 6.07) is 22.0. The Balaban J connectivity index is 2.01. The highest BCUT2D eigenvalue weighted by molar-refractivity contribution is 7.17. The third-order valence-corrected chi connectivity index (χ3v) is 5.35. The lowest BCUT2D eigenvalue weighted by Crippen LogP contribution is -2.08. The number of carbonyl (C=O) groups is 1. The van der Waals surface area contributed by atoms with Crippen LogP contribution < -0.4 is 5.32 Å². The Morgan fingerprint density at radius 2 is 1.82 bits per heavy atom. The molecule has 0 bridgehead atoms. The standard InChI is InChI=1S/C23H21N3OS/c1-3-20(27)25-23-21(18-12-8-5-9-13-18)26-22(28-23)19(15-24)14-16(2)17-10-6-4-7-11-17/h4-14,16H,3H2,1-2H3,(H,25,27). The molecule has 0 saturated carbocycles. The van der Waals surface area contributed by atoms with E-state index in [1.165, 1.54) is 11.3 Å². The van der Waals surface area contributed by atoms with E-state index in [4.69, 9.17) is 4.98 Å². The molecule has 2 aromatic carbocycles. The fourth-order valence-corrected chi connectivity index (χ4v) is 3.76. The van der Waals surface area contributed by atoms with Gasteiger partial charge in [-0.3, -0.25) is 4.79 Å². The maximum absolute atomic E-state index is 12.0. The minimum Gasteiger partial charge on any atom is -0.316 e. The third-order valence-electron chi connectivity index (χ3n) is 4.34. The maximum atomic E-state index is 12.0. The number of thiazole rings is 1. The molecule has 0 aliphatic rings. The van der Waals surface area contributed by atoms with Gasteiger partial charge in [-0.2, -0.15) is 5.26 Å². The normalized spacial score (nSPS) is 12.2. The number of rotatable bonds is 6. The molecular weight excluding hydrogens is 366 g/mol. The van der Waals surface area contributed by atoms with E-state index in [1.54, 1.807) is 0 Å². The lowest BCUT2D eigenvalue weighted by Gasteiger charge is -2.06. The van der Waals surface area contributed by atoms with Crippen LogP contribution in [0.3, 0.4) is 0 Å².